The number of nitrogens with one attached hydrogen (secondary N) is 4. The van der Waals surface area contributed by atoms with Crippen LogP contribution in [0.3, 0.4) is 0 Å². The van der Waals surface area contributed by atoms with E-state index >= 15 is 0 Å². The summed E-state index contributed by atoms with van der Waals surface area (Å²) in [6, 6.07) is 22.8. The number of anilines is 3. The summed E-state index contributed by atoms with van der Waals surface area (Å²) in [6.07, 6.45) is 0. The maximum Gasteiger partial charge on any atom is 0.251 e. The molecule has 0 fully saturated rings. The third-order valence-corrected chi connectivity index (χ3v) is 6.06. The molecule has 0 bridgehead atoms. The highest BCUT2D eigenvalue weighted by Gasteiger charge is 2.08. The van der Waals surface area contributed by atoms with Crippen LogP contribution in [0.5, 0.6) is 0 Å². The van der Waals surface area contributed by atoms with Crippen molar-refractivity contribution in [1.29, 1.82) is 0 Å². The standard InChI is InChI=1S/C30H33ClFN7O3/c31-25-11-9-22(10-12-25)20-35-29-37-28(38-30(39-29)36-21-23-5-4-8-26(32)19-23)34-14-16-42-18-17-41-15-13-33-27(40)24-6-2-1-3-7-24/h1-12,19H,13-18,20-21H2,(H,33,40)(H3,34,35,36,37,38,39). The van der Waals surface area contributed by atoms with Crippen molar-refractivity contribution in [3.05, 3.63) is 106 Å². The SMILES string of the molecule is O=C(NCCOCCOCCNc1nc(NCc2ccc(Cl)cc2)nc(NCc2cccc(F)c2)n1)c1ccccc1. The first-order valence-electron chi connectivity index (χ1n) is 13.5. The largest absolute Gasteiger partial charge is 0.377 e. The number of carbonyl (C=O) groups excluding carboxylic acids is 1. The Morgan fingerprint density at radius 2 is 1.31 bits per heavy atom. The molecule has 0 aliphatic heterocycles. The van der Waals surface area contributed by atoms with E-state index in [-0.39, 0.29) is 11.7 Å². The molecule has 0 saturated heterocycles. The number of aromatic nitrogens is 3. The van der Waals surface area contributed by atoms with Crippen LogP contribution in [0.15, 0.2) is 78.9 Å². The third kappa shape index (κ3) is 10.9. The van der Waals surface area contributed by atoms with Crippen molar-refractivity contribution in [2.45, 2.75) is 13.1 Å². The molecule has 12 heteroatoms. The fourth-order valence-corrected chi connectivity index (χ4v) is 3.84. The molecule has 220 valence electrons. The van der Waals surface area contributed by atoms with Gasteiger partial charge in [0.2, 0.25) is 17.8 Å². The molecule has 0 saturated carbocycles. The lowest BCUT2D eigenvalue weighted by Gasteiger charge is -2.12. The first kappa shape index (κ1) is 30.6. The average molecular weight is 594 g/mol. The Hall–Kier alpha value is -4.32. The van der Waals surface area contributed by atoms with Crippen molar-refractivity contribution in [2.24, 2.45) is 0 Å². The maximum absolute atomic E-state index is 13.6. The zero-order valence-corrected chi connectivity index (χ0v) is 23.7. The topological polar surface area (TPSA) is 122 Å². The molecule has 0 atom stereocenters. The molecular formula is C30H33ClFN7O3. The fourth-order valence-electron chi connectivity index (χ4n) is 3.71. The minimum absolute atomic E-state index is 0.129. The molecule has 0 radical (unpaired) electrons. The predicted molar refractivity (Wildman–Crippen MR) is 161 cm³/mol. The van der Waals surface area contributed by atoms with E-state index in [0.29, 0.717) is 81.0 Å². The van der Waals surface area contributed by atoms with Crippen molar-refractivity contribution < 1.29 is 18.7 Å². The molecule has 0 unspecified atom stereocenters. The molecule has 4 aromatic rings. The number of halogens is 2. The highest BCUT2D eigenvalue weighted by atomic mass is 35.5. The molecule has 0 aliphatic carbocycles. The summed E-state index contributed by atoms with van der Waals surface area (Å²) in [7, 11) is 0. The number of hydrogen-bond acceptors (Lipinski definition) is 9. The summed E-state index contributed by atoms with van der Waals surface area (Å²) >= 11 is 5.98. The van der Waals surface area contributed by atoms with Gasteiger partial charge < -0.3 is 30.7 Å². The molecule has 4 rings (SSSR count). The van der Waals surface area contributed by atoms with Crippen LogP contribution in [0, 0.1) is 5.82 Å². The number of benzene rings is 3. The van der Waals surface area contributed by atoms with Gasteiger partial charge in [-0.25, -0.2) is 4.39 Å². The van der Waals surface area contributed by atoms with Gasteiger partial charge in [-0.15, -0.1) is 0 Å². The number of nitrogens with zero attached hydrogens (tertiary/aromatic N) is 3. The summed E-state index contributed by atoms with van der Waals surface area (Å²) in [5.41, 5.74) is 2.39. The second-order valence-corrected chi connectivity index (χ2v) is 9.48. The van der Waals surface area contributed by atoms with Crippen molar-refractivity contribution in [2.75, 3.05) is 55.5 Å². The Labute approximate surface area is 249 Å². The lowest BCUT2D eigenvalue weighted by Crippen LogP contribution is -2.27. The maximum atomic E-state index is 13.6. The number of ether oxygens (including phenoxy) is 2. The summed E-state index contributed by atoms with van der Waals surface area (Å²) < 4.78 is 24.7. The van der Waals surface area contributed by atoms with E-state index in [0.717, 1.165) is 11.1 Å². The van der Waals surface area contributed by atoms with Gasteiger partial charge in [0.05, 0.1) is 26.4 Å². The summed E-state index contributed by atoms with van der Waals surface area (Å²) in [4.78, 5) is 25.3. The average Bonchev–Trinajstić information content (AvgIpc) is 3.01. The zero-order valence-electron chi connectivity index (χ0n) is 23.0. The van der Waals surface area contributed by atoms with E-state index in [1.807, 2.05) is 48.5 Å². The minimum atomic E-state index is -0.308. The van der Waals surface area contributed by atoms with Crippen LogP contribution >= 0.6 is 11.6 Å². The molecule has 0 aliphatic rings. The second-order valence-electron chi connectivity index (χ2n) is 9.04. The van der Waals surface area contributed by atoms with E-state index in [9.17, 15) is 9.18 Å². The van der Waals surface area contributed by atoms with Gasteiger partial charge in [0.1, 0.15) is 5.82 Å². The summed E-state index contributed by atoms with van der Waals surface area (Å²) in [5, 5.41) is 12.9. The first-order valence-corrected chi connectivity index (χ1v) is 13.9. The first-order chi connectivity index (χ1) is 20.5. The second kappa shape index (κ2) is 16.8. The van der Waals surface area contributed by atoms with Gasteiger partial charge in [-0.3, -0.25) is 4.79 Å². The van der Waals surface area contributed by atoms with Gasteiger partial charge in [0.15, 0.2) is 0 Å². The van der Waals surface area contributed by atoms with Gasteiger partial charge in [0, 0.05) is 36.8 Å². The Kier molecular flexibility index (Phi) is 12.3. The van der Waals surface area contributed by atoms with Gasteiger partial charge in [-0.2, -0.15) is 15.0 Å². The fraction of sp³-hybridized carbons (Fsp3) is 0.267. The smallest absolute Gasteiger partial charge is 0.251 e. The minimum Gasteiger partial charge on any atom is -0.377 e. The molecular weight excluding hydrogens is 561 g/mol. The Bertz CT molecular complexity index is 1400. The number of amides is 1. The Morgan fingerprint density at radius 3 is 1.98 bits per heavy atom. The molecule has 1 heterocycles. The van der Waals surface area contributed by atoms with Gasteiger partial charge in [-0.05, 0) is 47.5 Å². The number of carbonyl (C=O) groups is 1. The molecule has 3 aromatic carbocycles. The molecule has 42 heavy (non-hydrogen) atoms. The van der Waals surface area contributed by atoms with Crippen LogP contribution < -0.4 is 21.3 Å². The molecule has 10 nitrogen and oxygen atoms in total. The zero-order chi connectivity index (χ0) is 29.4. The van der Waals surface area contributed by atoms with Crippen LogP contribution in [0.1, 0.15) is 21.5 Å². The predicted octanol–water partition coefficient (Wildman–Crippen LogP) is 4.76. The summed E-state index contributed by atoms with van der Waals surface area (Å²) in [6.45, 7) is 3.30. The van der Waals surface area contributed by atoms with Crippen LogP contribution in [0.25, 0.3) is 0 Å². The van der Waals surface area contributed by atoms with Crippen molar-refractivity contribution >= 4 is 35.4 Å². The van der Waals surface area contributed by atoms with E-state index in [1.54, 1.807) is 18.2 Å². The van der Waals surface area contributed by atoms with Crippen LogP contribution in [0.4, 0.5) is 22.2 Å². The van der Waals surface area contributed by atoms with E-state index in [1.165, 1.54) is 12.1 Å². The monoisotopic (exact) mass is 593 g/mol. The van der Waals surface area contributed by atoms with Crippen molar-refractivity contribution in [3.63, 3.8) is 0 Å². The lowest BCUT2D eigenvalue weighted by atomic mass is 10.2. The molecule has 1 amide bonds. The highest BCUT2D eigenvalue weighted by Crippen LogP contribution is 2.14. The Morgan fingerprint density at radius 1 is 0.690 bits per heavy atom. The normalized spacial score (nSPS) is 10.7. The van der Waals surface area contributed by atoms with Crippen LogP contribution in [-0.4, -0.2) is 60.4 Å². The van der Waals surface area contributed by atoms with Crippen molar-refractivity contribution in [1.82, 2.24) is 20.3 Å². The third-order valence-electron chi connectivity index (χ3n) is 5.81. The number of hydrogen-bond donors (Lipinski definition) is 4. The Balaban J connectivity index is 1.19. The van der Waals surface area contributed by atoms with E-state index < -0.39 is 0 Å². The molecule has 4 N–H and O–H groups in total. The van der Waals surface area contributed by atoms with Gasteiger partial charge in [0.25, 0.3) is 5.91 Å². The number of rotatable bonds is 17. The quantitative estimate of drug-likeness (QED) is 0.128. The molecule has 1 aromatic heterocycles. The van der Waals surface area contributed by atoms with E-state index in [2.05, 4.69) is 36.2 Å². The lowest BCUT2D eigenvalue weighted by molar-refractivity contribution is 0.0519. The van der Waals surface area contributed by atoms with Gasteiger partial charge in [-0.1, -0.05) is 54.1 Å². The van der Waals surface area contributed by atoms with Crippen molar-refractivity contribution in [3.8, 4) is 0 Å². The summed E-state index contributed by atoms with van der Waals surface area (Å²) in [5.74, 6) is 0.634. The van der Waals surface area contributed by atoms with Gasteiger partial charge >= 0.3 is 0 Å². The molecule has 0 spiro atoms. The van der Waals surface area contributed by atoms with Crippen LogP contribution in [-0.2, 0) is 22.6 Å². The highest BCUT2D eigenvalue weighted by molar-refractivity contribution is 6.30. The van der Waals surface area contributed by atoms with E-state index in [4.69, 9.17) is 21.1 Å². The van der Waals surface area contributed by atoms with Crippen LogP contribution in [0.2, 0.25) is 5.02 Å².